The quantitative estimate of drug-likeness (QED) is 0.715. The summed E-state index contributed by atoms with van der Waals surface area (Å²) in [6, 6.07) is -0.642. The molecule has 1 fully saturated rings. The van der Waals surface area contributed by atoms with Gasteiger partial charge in [-0.05, 0) is 12.3 Å². The lowest BCUT2D eigenvalue weighted by Gasteiger charge is -2.29. The van der Waals surface area contributed by atoms with Crippen molar-refractivity contribution in [1.82, 2.24) is 4.90 Å². The molecule has 1 aliphatic heterocycles. The Balaban J connectivity index is 2.87. The summed E-state index contributed by atoms with van der Waals surface area (Å²) < 4.78 is 0. The van der Waals surface area contributed by atoms with E-state index in [1.165, 1.54) is 4.90 Å². The molecular formula is C11H19NO3. The van der Waals surface area contributed by atoms with Crippen LogP contribution in [0.2, 0.25) is 0 Å². The first-order valence-electron chi connectivity index (χ1n) is 5.29. The molecule has 15 heavy (non-hydrogen) atoms. The Morgan fingerprint density at radius 2 is 1.87 bits per heavy atom. The normalized spacial score (nSPS) is 26.8. The molecule has 1 aliphatic rings. The third kappa shape index (κ3) is 2.30. The molecule has 0 aromatic rings. The Morgan fingerprint density at radius 3 is 2.27 bits per heavy atom. The van der Waals surface area contributed by atoms with Gasteiger partial charge in [0.2, 0.25) is 5.91 Å². The van der Waals surface area contributed by atoms with E-state index in [-0.39, 0.29) is 11.8 Å². The van der Waals surface area contributed by atoms with Crippen LogP contribution >= 0.6 is 0 Å². The average molecular weight is 213 g/mol. The van der Waals surface area contributed by atoms with Crippen molar-refractivity contribution in [2.75, 3.05) is 6.54 Å². The maximum atomic E-state index is 12.0. The number of nitrogens with zero attached hydrogens (tertiary/aromatic N) is 1. The van der Waals surface area contributed by atoms with Crippen LogP contribution in [0.1, 0.15) is 34.1 Å². The fourth-order valence-corrected chi connectivity index (χ4v) is 1.98. The maximum Gasteiger partial charge on any atom is 0.326 e. The summed E-state index contributed by atoms with van der Waals surface area (Å²) in [4.78, 5) is 24.6. The van der Waals surface area contributed by atoms with Gasteiger partial charge in [-0.3, -0.25) is 4.79 Å². The highest BCUT2D eigenvalue weighted by Gasteiger charge is 2.42. The van der Waals surface area contributed by atoms with Crippen molar-refractivity contribution < 1.29 is 14.7 Å². The van der Waals surface area contributed by atoms with Crippen molar-refractivity contribution in [3.05, 3.63) is 0 Å². The second kappa shape index (κ2) is 3.83. The second-order valence-corrected chi connectivity index (χ2v) is 5.30. The lowest BCUT2D eigenvalue weighted by Crippen LogP contribution is -2.47. The number of aliphatic carboxylic acids is 1. The summed E-state index contributed by atoms with van der Waals surface area (Å²) in [5.74, 6) is -0.911. The molecule has 0 spiro atoms. The van der Waals surface area contributed by atoms with Crippen LogP contribution < -0.4 is 0 Å². The summed E-state index contributed by atoms with van der Waals surface area (Å²) in [6.45, 7) is 7.90. The van der Waals surface area contributed by atoms with Crippen LogP contribution in [-0.2, 0) is 9.59 Å². The van der Waals surface area contributed by atoms with E-state index in [0.717, 1.165) is 6.42 Å². The number of hydrogen-bond donors (Lipinski definition) is 1. The highest BCUT2D eigenvalue weighted by Crippen LogP contribution is 2.29. The van der Waals surface area contributed by atoms with Gasteiger partial charge in [0.05, 0.1) is 0 Å². The van der Waals surface area contributed by atoms with E-state index in [9.17, 15) is 9.59 Å². The third-order valence-electron chi connectivity index (χ3n) is 2.86. The first-order chi connectivity index (χ1) is 6.75. The number of carbonyl (C=O) groups excluding carboxylic acids is 1. The number of hydrogen-bond acceptors (Lipinski definition) is 2. The monoisotopic (exact) mass is 213 g/mol. The molecule has 86 valence electrons. The molecule has 0 bridgehead atoms. The predicted octanol–water partition coefficient (Wildman–Crippen LogP) is 1.35. The number of rotatable bonds is 1. The van der Waals surface area contributed by atoms with Crippen LogP contribution in [0.4, 0.5) is 0 Å². The Bertz CT molecular complexity index is 280. The molecule has 0 aliphatic carbocycles. The van der Waals surface area contributed by atoms with Gasteiger partial charge < -0.3 is 10.0 Å². The van der Waals surface area contributed by atoms with Crippen molar-refractivity contribution in [3.63, 3.8) is 0 Å². The summed E-state index contributed by atoms with van der Waals surface area (Å²) in [7, 11) is 0. The SMILES string of the molecule is C[C@H]1CCN(C(=O)C(C)(C)C)[C@@H]1C(=O)O. The van der Waals surface area contributed by atoms with Gasteiger partial charge in [-0.1, -0.05) is 27.7 Å². The Kier molecular flexibility index (Phi) is 3.07. The minimum atomic E-state index is -0.891. The maximum absolute atomic E-state index is 12.0. The molecule has 4 nitrogen and oxygen atoms in total. The zero-order chi connectivity index (χ0) is 11.8. The zero-order valence-electron chi connectivity index (χ0n) is 9.78. The van der Waals surface area contributed by atoms with E-state index < -0.39 is 17.4 Å². The molecule has 0 radical (unpaired) electrons. The summed E-state index contributed by atoms with van der Waals surface area (Å²) in [5, 5.41) is 9.07. The van der Waals surface area contributed by atoms with Crippen LogP contribution in [0.15, 0.2) is 0 Å². The van der Waals surface area contributed by atoms with Gasteiger partial charge in [0, 0.05) is 12.0 Å². The number of carboxylic acids is 1. The van der Waals surface area contributed by atoms with E-state index in [2.05, 4.69) is 0 Å². The Labute approximate surface area is 90.3 Å². The molecule has 0 unspecified atom stereocenters. The standard InChI is InChI=1S/C11H19NO3/c1-7-5-6-12(8(7)9(13)14)10(15)11(2,3)4/h7-8H,5-6H2,1-4H3,(H,13,14)/t7-,8-/m0/s1. The second-order valence-electron chi connectivity index (χ2n) is 5.30. The average Bonchev–Trinajstić information content (AvgIpc) is 2.43. The number of amides is 1. The van der Waals surface area contributed by atoms with Crippen molar-refractivity contribution in [2.24, 2.45) is 11.3 Å². The van der Waals surface area contributed by atoms with Crippen LogP contribution in [-0.4, -0.2) is 34.5 Å². The first kappa shape index (κ1) is 12.0. The topological polar surface area (TPSA) is 57.6 Å². The molecular weight excluding hydrogens is 194 g/mol. The molecule has 0 aromatic heterocycles. The van der Waals surface area contributed by atoms with E-state index in [0.29, 0.717) is 6.54 Å². The van der Waals surface area contributed by atoms with Gasteiger partial charge in [0.25, 0.3) is 0 Å². The minimum Gasteiger partial charge on any atom is -0.480 e. The van der Waals surface area contributed by atoms with Crippen LogP contribution in [0.3, 0.4) is 0 Å². The Hall–Kier alpha value is -1.06. The number of likely N-dealkylation sites (tertiary alicyclic amines) is 1. The molecule has 1 saturated heterocycles. The summed E-state index contributed by atoms with van der Waals surface area (Å²) in [5.41, 5.74) is -0.502. The van der Waals surface area contributed by atoms with Crippen LogP contribution in [0, 0.1) is 11.3 Å². The third-order valence-corrected chi connectivity index (χ3v) is 2.86. The van der Waals surface area contributed by atoms with E-state index >= 15 is 0 Å². The highest BCUT2D eigenvalue weighted by molar-refractivity contribution is 5.87. The van der Waals surface area contributed by atoms with Crippen molar-refractivity contribution in [1.29, 1.82) is 0 Å². The smallest absolute Gasteiger partial charge is 0.326 e. The summed E-state index contributed by atoms with van der Waals surface area (Å²) in [6.07, 6.45) is 0.777. The lowest BCUT2D eigenvalue weighted by molar-refractivity contribution is -0.152. The van der Waals surface area contributed by atoms with Crippen LogP contribution in [0.5, 0.6) is 0 Å². The molecule has 0 aromatic carbocycles. The van der Waals surface area contributed by atoms with Crippen LogP contribution in [0.25, 0.3) is 0 Å². The molecule has 1 heterocycles. The van der Waals surface area contributed by atoms with E-state index in [1.807, 2.05) is 27.7 Å². The molecule has 2 atom stereocenters. The van der Waals surface area contributed by atoms with Gasteiger partial charge >= 0.3 is 5.97 Å². The number of carbonyl (C=O) groups is 2. The minimum absolute atomic E-state index is 0.0498. The number of carboxylic acid groups (broad SMARTS) is 1. The van der Waals surface area contributed by atoms with E-state index in [4.69, 9.17) is 5.11 Å². The van der Waals surface area contributed by atoms with Gasteiger partial charge in [0.15, 0.2) is 0 Å². The fraction of sp³-hybridized carbons (Fsp3) is 0.818. The molecule has 4 heteroatoms. The van der Waals surface area contributed by atoms with Gasteiger partial charge in [-0.25, -0.2) is 4.79 Å². The van der Waals surface area contributed by atoms with Crippen molar-refractivity contribution in [2.45, 2.75) is 40.2 Å². The van der Waals surface area contributed by atoms with Gasteiger partial charge in [0.1, 0.15) is 6.04 Å². The first-order valence-corrected chi connectivity index (χ1v) is 5.29. The molecule has 1 rings (SSSR count). The molecule has 1 amide bonds. The van der Waals surface area contributed by atoms with Crippen molar-refractivity contribution >= 4 is 11.9 Å². The Morgan fingerprint density at radius 1 is 1.33 bits per heavy atom. The molecule has 0 saturated carbocycles. The van der Waals surface area contributed by atoms with Crippen molar-refractivity contribution in [3.8, 4) is 0 Å². The summed E-state index contributed by atoms with van der Waals surface area (Å²) >= 11 is 0. The van der Waals surface area contributed by atoms with Gasteiger partial charge in [-0.2, -0.15) is 0 Å². The molecule has 1 N–H and O–H groups in total. The largest absolute Gasteiger partial charge is 0.480 e. The zero-order valence-corrected chi connectivity index (χ0v) is 9.78. The van der Waals surface area contributed by atoms with E-state index in [1.54, 1.807) is 0 Å². The predicted molar refractivity (Wildman–Crippen MR) is 56.4 cm³/mol. The highest BCUT2D eigenvalue weighted by atomic mass is 16.4. The lowest BCUT2D eigenvalue weighted by atomic mass is 9.94. The fourth-order valence-electron chi connectivity index (χ4n) is 1.98. The van der Waals surface area contributed by atoms with Gasteiger partial charge in [-0.15, -0.1) is 0 Å².